The number of anilines is 1. The molecular weight excluding hydrogens is 470 g/mol. The van der Waals surface area contributed by atoms with Gasteiger partial charge in [-0.2, -0.15) is 4.31 Å². The van der Waals surface area contributed by atoms with E-state index >= 15 is 0 Å². The molecule has 11 heteroatoms. The zero-order chi connectivity index (χ0) is 24.7. The molecule has 0 saturated carbocycles. The molecule has 1 fully saturated rings. The van der Waals surface area contributed by atoms with Crippen LogP contribution in [0.2, 0.25) is 0 Å². The van der Waals surface area contributed by atoms with E-state index in [4.69, 9.17) is 4.42 Å². The monoisotopic (exact) mass is 499 g/mol. The number of furan rings is 1. The zero-order valence-electron chi connectivity index (χ0n) is 19.3. The second kappa shape index (κ2) is 11.5. The second-order valence-electron chi connectivity index (χ2n) is 8.53. The summed E-state index contributed by atoms with van der Waals surface area (Å²) >= 11 is 0. The molecule has 0 bridgehead atoms. The molecule has 186 valence electrons. The van der Waals surface area contributed by atoms with Gasteiger partial charge in [0.2, 0.25) is 10.0 Å². The highest BCUT2D eigenvalue weighted by Gasteiger charge is 2.32. The van der Waals surface area contributed by atoms with Gasteiger partial charge in [0.15, 0.2) is 0 Å². The van der Waals surface area contributed by atoms with Gasteiger partial charge in [-0.05, 0) is 37.1 Å². The number of carbonyl (C=O) groups excluding carboxylic acids is 1. The molecule has 1 aliphatic heterocycles. The lowest BCUT2D eigenvalue weighted by Crippen LogP contribution is -2.50. The molecule has 1 N–H and O–H groups in total. The molecule has 0 radical (unpaired) electrons. The Morgan fingerprint density at radius 1 is 1.06 bits per heavy atom. The van der Waals surface area contributed by atoms with Crippen molar-refractivity contribution in [1.82, 2.24) is 19.3 Å². The summed E-state index contributed by atoms with van der Waals surface area (Å²) in [6, 6.07) is 7.47. The SMILES string of the molecule is O=CC(O)C(CCCc1ncccn1)CS(=O)(=O)N1CCN(c2ccc(-c3ccoc3)cn2)CC1. The summed E-state index contributed by atoms with van der Waals surface area (Å²) in [5.41, 5.74) is 1.89. The Morgan fingerprint density at radius 3 is 2.46 bits per heavy atom. The van der Waals surface area contributed by atoms with Gasteiger partial charge in [0.25, 0.3) is 0 Å². The van der Waals surface area contributed by atoms with Crippen LogP contribution in [0.15, 0.2) is 59.8 Å². The van der Waals surface area contributed by atoms with Crippen LogP contribution in [0.3, 0.4) is 0 Å². The van der Waals surface area contributed by atoms with Gasteiger partial charge in [-0.15, -0.1) is 0 Å². The van der Waals surface area contributed by atoms with Crippen LogP contribution in [-0.4, -0.2) is 77.1 Å². The number of aliphatic hydroxyl groups excluding tert-OH is 1. The van der Waals surface area contributed by atoms with Crippen molar-refractivity contribution < 1.29 is 22.7 Å². The van der Waals surface area contributed by atoms with Gasteiger partial charge in [-0.1, -0.05) is 0 Å². The Labute approximate surface area is 204 Å². The molecule has 0 aromatic carbocycles. The minimum Gasteiger partial charge on any atom is -0.472 e. The Morgan fingerprint density at radius 2 is 1.83 bits per heavy atom. The second-order valence-corrected chi connectivity index (χ2v) is 10.5. The number of pyridine rings is 1. The minimum atomic E-state index is -3.65. The maximum absolute atomic E-state index is 13.1. The number of aryl methyl sites for hydroxylation is 1. The van der Waals surface area contributed by atoms with Crippen molar-refractivity contribution in [3.8, 4) is 11.1 Å². The van der Waals surface area contributed by atoms with Gasteiger partial charge in [-0.25, -0.2) is 23.4 Å². The molecule has 1 saturated heterocycles. The number of sulfonamides is 1. The predicted molar refractivity (Wildman–Crippen MR) is 130 cm³/mol. The summed E-state index contributed by atoms with van der Waals surface area (Å²) in [6.45, 7) is 1.64. The maximum Gasteiger partial charge on any atom is 0.214 e. The van der Waals surface area contributed by atoms with Crippen LogP contribution in [-0.2, 0) is 21.2 Å². The fraction of sp³-hybridized carbons (Fsp3) is 0.417. The number of rotatable bonds is 11. The summed E-state index contributed by atoms with van der Waals surface area (Å²) in [7, 11) is -3.65. The van der Waals surface area contributed by atoms with Crippen LogP contribution in [0, 0.1) is 5.92 Å². The first-order valence-corrected chi connectivity index (χ1v) is 13.2. The Bertz CT molecular complexity index is 1160. The Balaban J connectivity index is 1.31. The highest BCUT2D eigenvalue weighted by Crippen LogP contribution is 2.23. The quantitative estimate of drug-likeness (QED) is 0.392. The number of hydrogen-bond acceptors (Lipinski definition) is 9. The van der Waals surface area contributed by atoms with Crippen molar-refractivity contribution in [1.29, 1.82) is 0 Å². The summed E-state index contributed by atoms with van der Waals surface area (Å²) in [6.07, 6.45) is 8.92. The standard InChI is InChI=1S/C24H29N5O5S/c30-16-22(31)21(3-1-4-23-25-8-2-9-26-23)18-35(32,33)29-12-10-28(11-13-29)24-6-5-19(15-27-24)20-7-14-34-17-20/h2,5-9,14-17,21-22,31H,1,3-4,10-13,18H2. The predicted octanol–water partition coefficient (Wildman–Crippen LogP) is 1.78. The molecule has 10 nitrogen and oxygen atoms in total. The number of hydrogen-bond donors (Lipinski definition) is 1. The Kier molecular flexibility index (Phi) is 8.21. The summed E-state index contributed by atoms with van der Waals surface area (Å²) in [5.74, 6) is 0.473. The van der Waals surface area contributed by atoms with Crippen LogP contribution in [0.5, 0.6) is 0 Å². The molecule has 0 spiro atoms. The number of piperazine rings is 1. The van der Waals surface area contributed by atoms with E-state index in [0.29, 0.717) is 57.6 Å². The van der Waals surface area contributed by atoms with Crippen molar-refractivity contribution in [2.45, 2.75) is 25.4 Å². The number of carbonyl (C=O) groups is 1. The molecule has 2 unspecified atom stereocenters. The number of aromatic nitrogens is 3. The maximum atomic E-state index is 13.1. The van der Waals surface area contributed by atoms with Crippen LogP contribution in [0.1, 0.15) is 18.7 Å². The van der Waals surface area contributed by atoms with Gasteiger partial charge < -0.3 is 19.2 Å². The number of nitrogens with zero attached hydrogens (tertiary/aromatic N) is 5. The van der Waals surface area contributed by atoms with Crippen molar-refractivity contribution in [2.75, 3.05) is 36.8 Å². The molecule has 4 rings (SSSR count). The lowest BCUT2D eigenvalue weighted by Gasteiger charge is -2.35. The Hall–Kier alpha value is -3.15. The third-order valence-electron chi connectivity index (χ3n) is 6.20. The largest absolute Gasteiger partial charge is 0.472 e. The third kappa shape index (κ3) is 6.50. The first kappa shape index (κ1) is 25.0. The van der Waals surface area contributed by atoms with E-state index in [2.05, 4.69) is 15.0 Å². The summed E-state index contributed by atoms with van der Waals surface area (Å²) in [5, 5.41) is 10.2. The summed E-state index contributed by atoms with van der Waals surface area (Å²) < 4.78 is 32.7. The van der Waals surface area contributed by atoms with E-state index in [1.54, 1.807) is 37.2 Å². The normalized spacial score (nSPS) is 16.7. The fourth-order valence-electron chi connectivity index (χ4n) is 4.19. The molecule has 2 atom stereocenters. The van der Waals surface area contributed by atoms with E-state index in [9.17, 15) is 18.3 Å². The highest BCUT2D eigenvalue weighted by atomic mass is 32.2. The van der Waals surface area contributed by atoms with Crippen molar-refractivity contribution in [3.63, 3.8) is 0 Å². The van der Waals surface area contributed by atoms with Gasteiger partial charge in [0, 0.05) is 68.2 Å². The minimum absolute atomic E-state index is 0.278. The third-order valence-corrected chi connectivity index (χ3v) is 8.20. The highest BCUT2D eigenvalue weighted by molar-refractivity contribution is 7.89. The molecule has 3 aromatic rings. The topological polar surface area (TPSA) is 130 Å². The molecule has 0 aliphatic carbocycles. The van der Waals surface area contributed by atoms with Crippen molar-refractivity contribution in [3.05, 3.63) is 61.2 Å². The van der Waals surface area contributed by atoms with E-state index in [1.807, 2.05) is 23.1 Å². The molecule has 1 aliphatic rings. The summed E-state index contributed by atoms with van der Waals surface area (Å²) in [4.78, 5) is 26.1. The average Bonchev–Trinajstić information content (AvgIpc) is 3.43. The van der Waals surface area contributed by atoms with E-state index in [1.165, 1.54) is 4.31 Å². The van der Waals surface area contributed by atoms with E-state index in [-0.39, 0.29) is 5.75 Å². The van der Waals surface area contributed by atoms with Crippen LogP contribution >= 0.6 is 0 Å². The van der Waals surface area contributed by atoms with E-state index < -0.39 is 22.0 Å². The smallest absolute Gasteiger partial charge is 0.214 e. The number of aliphatic hydroxyl groups is 1. The molecule has 0 amide bonds. The fourth-order valence-corrected chi connectivity index (χ4v) is 6.02. The van der Waals surface area contributed by atoms with Crippen LogP contribution in [0.25, 0.3) is 11.1 Å². The molecule has 35 heavy (non-hydrogen) atoms. The molecular formula is C24H29N5O5S. The van der Waals surface area contributed by atoms with Crippen molar-refractivity contribution >= 4 is 22.1 Å². The van der Waals surface area contributed by atoms with Gasteiger partial charge in [-0.3, -0.25) is 0 Å². The van der Waals surface area contributed by atoms with Gasteiger partial charge >= 0.3 is 0 Å². The number of aldehydes is 1. The lowest BCUT2D eigenvalue weighted by molar-refractivity contribution is -0.117. The average molecular weight is 500 g/mol. The molecule has 4 heterocycles. The van der Waals surface area contributed by atoms with Crippen molar-refractivity contribution in [2.24, 2.45) is 5.92 Å². The lowest BCUT2D eigenvalue weighted by atomic mass is 9.98. The van der Waals surface area contributed by atoms with E-state index in [0.717, 1.165) is 16.9 Å². The van der Waals surface area contributed by atoms with Gasteiger partial charge in [0.1, 0.15) is 24.0 Å². The first-order valence-electron chi connectivity index (χ1n) is 11.6. The van der Waals surface area contributed by atoms with Crippen LogP contribution in [0.4, 0.5) is 5.82 Å². The zero-order valence-corrected chi connectivity index (χ0v) is 20.1. The first-order chi connectivity index (χ1) is 17.0. The van der Waals surface area contributed by atoms with Crippen LogP contribution < -0.4 is 4.90 Å². The van der Waals surface area contributed by atoms with Gasteiger partial charge in [0.05, 0.1) is 18.3 Å². The molecule has 3 aromatic heterocycles.